The molecule has 0 bridgehead atoms. The van der Waals surface area contributed by atoms with Gasteiger partial charge in [-0.1, -0.05) is 60.7 Å². The van der Waals surface area contributed by atoms with E-state index in [9.17, 15) is 14.4 Å². The first-order valence-corrected chi connectivity index (χ1v) is 20.3. The van der Waals surface area contributed by atoms with Gasteiger partial charge in [-0.3, -0.25) is 19.6 Å². The van der Waals surface area contributed by atoms with Gasteiger partial charge in [-0.05, 0) is 69.3 Å². The van der Waals surface area contributed by atoms with Gasteiger partial charge < -0.3 is 43.1 Å². The number of aromatic nitrogens is 2. The number of benzene rings is 2. The fourth-order valence-corrected chi connectivity index (χ4v) is 6.89. The second-order valence-corrected chi connectivity index (χ2v) is 15.5. The van der Waals surface area contributed by atoms with Gasteiger partial charge in [-0.2, -0.15) is 0 Å². The quantitative estimate of drug-likeness (QED) is 0.142. The van der Waals surface area contributed by atoms with Crippen molar-refractivity contribution in [3.05, 3.63) is 146 Å². The van der Waals surface area contributed by atoms with Crippen LogP contribution in [0, 0.1) is 0 Å². The molecule has 14 nitrogen and oxygen atoms in total. The van der Waals surface area contributed by atoms with E-state index in [0.29, 0.717) is 61.6 Å². The normalized spacial score (nSPS) is 16.0. The maximum atomic E-state index is 13.4. The molecule has 2 atom stereocenters. The van der Waals surface area contributed by atoms with Crippen LogP contribution in [0.4, 0.5) is 4.79 Å². The van der Waals surface area contributed by atoms with Crippen LogP contribution in [0.2, 0.25) is 0 Å². The molecule has 332 valence electrons. The zero-order valence-electron chi connectivity index (χ0n) is 35.3. The lowest BCUT2D eigenvalue weighted by Crippen LogP contribution is -2.59. The molecule has 2 unspecified atom stereocenters. The summed E-state index contributed by atoms with van der Waals surface area (Å²) in [6.45, 7) is 9.10. The first kappa shape index (κ1) is 47.7. The first-order chi connectivity index (χ1) is 29.6. The van der Waals surface area contributed by atoms with E-state index in [4.69, 9.17) is 23.0 Å². The zero-order valence-corrected chi connectivity index (χ0v) is 37.0. The molecule has 0 spiro atoms. The Kier molecular flexibility index (Phi) is 17.2. The van der Waals surface area contributed by atoms with E-state index >= 15 is 0 Å². The fourth-order valence-electron chi connectivity index (χ4n) is 6.89. The molecule has 16 heteroatoms. The fraction of sp³-hybridized carbons (Fsp3) is 0.298. The predicted molar refractivity (Wildman–Crippen MR) is 243 cm³/mol. The van der Waals surface area contributed by atoms with Crippen molar-refractivity contribution in [1.82, 2.24) is 30.0 Å². The van der Waals surface area contributed by atoms with Crippen LogP contribution < -0.4 is 14.8 Å². The van der Waals surface area contributed by atoms with E-state index in [1.807, 2.05) is 105 Å². The molecule has 0 radical (unpaired) electrons. The van der Waals surface area contributed by atoms with Crippen molar-refractivity contribution in [2.24, 2.45) is 0 Å². The predicted octanol–water partition coefficient (Wildman–Crippen LogP) is 8.16. The highest BCUT2D eigenvalue weighted by Crippen LogP contribution is 2.26. The smallest absolute Gasteiger partial charge is 0.410 e. The third-order valence-electron chi connectivity index (χ3n) is 9.91. The van der Waals surface area contributed by atoms with E-state index < -0.39 is 11.7 Å². The minimum atomic E-state index is -0.603. The van der Waals surface area contributed by atoms with Crippen molar-refractivity contribution in [3.63, 3.8) is 0 Å². The molecule has 3 amide bonds. The van der Waals surface area contributed by atoms with Crippen molar-refractivity contribution in [2.45, 2.75) is 38.5 Å². The molecule has 0 saturated carbocycles. The Morgan fingerprint density at radius 1 is 0.651 bits per heavy atom. The summed E-state index contributed by atoms with van der Waals surface area (Å²) in [7, 11) is 0. The maximum absolute atomic E-state index is 13.4. The number of nitrogens with one attached hydrogen (secondary N) is 1. The summed E-state index contributed by atoms with van der Waals surface area (Å²) in [6.07, 6.45) is 6.23. The lowest BCUT2D eigenvalue weighted by Gasteiger charge is -2.41. The molecule has 2 saturated heterocycles. The van der Waals surface area contributed by atoms with Crippen LogP contribution in [-0.2, 0) is 4.74 Å². The summed E-state index contributed by atoms with van der Waals surface area (Å²) in [6, 6.07) is 33.2. The molecule has 2 aliphatic rings. The van der Waals surface area contributed by atoms with Crippen LogP contribution in [0.1, 0.15) is 41.9 Å². The number of amides is 3. The number of furan rings is 2. The average Bonchev–Trinajstić information content (AvgIpc) is 4.00. The van der Waals surface area contributed by atoms with Crippen molar-refractivity contribution >= 4 is 42.7 Å². The molecule has 4 aromatic heterocycles. The summed E-state index contributed by atoms with van der Waals surface area (Å²) >= 11 is 0. The minimum Gasteiger partial charge on any atom is -0.490 e. The molecule has 2 aromatic carbocycles. The molecule has 1 N–H and O–H groups in total. The van der Waals surface area contributed by atoms with Crippen molar-refractivity contribution in [3.8, 4) is 34.1 Å². The molecular weight excluding hydrogens is 847 g/mol. The highest BCUT2D eigenvalue weighted by Gasteiger charge is 2.36. The van der Waals surface area contributed by atoms with Gasteiger partial charge in [-0.15, -0.1) is 24.8 Å². The van der Waals surface area contributed by atoms with Crippen LogP contribution in [0.25, 0.3) is 22.6 Å². The third-order valence-corrected chi connectivity index (χ3v) is 9.91. The van der Waals surface area contributed by atoms with Gasteiger partial charge in [0, 0.05) is 62.8 Å². The second kappa shape index (κ2) is 22.7. The lowest BCUT2D eigenvalue weighted by molar-refractivity contribution is -0.00163. The Hall–Kier alpha value is -6.35. The number of carbonyl (C=O) groups excluding carboxylic acids is 3. The molecule has 6 aromatic rings. The van der Waals surface area contributed by atoms with Crippen LogP contribution in [0.3, 0.4) is 0 Å². The number of piperazine rings is 2. The number of ether oxygens (including phenoxy) is 3. The van der Waals surface area contributed by atoms with Crippen molar-refractivity contribution in [2.75, 3.05) is 52.5 Å². The topological polar surface area (TPSA) is 153 Å². The van der Waals surface area contributed by atoms with Crippen LogP contribution in [0.15, 0.2) is 143 Å². The molecule has 6 heterocycles. The van der Waals surface area contributed by atoms with Gasteiger partial charge >= 0.3 is 6.09 Å². The van der Waals surface area contributed by atoms with Crippen LogP contribution in [0.5, 0.6) is 11.5 Å². The SMILES string of the molecule is CC(C)(C)OC(=O)N1CCN(C(=O)c2ccc(-c3ccccc3)o2)C(COc2cccnc2)C1.Cl.Cl.O=C(c1ccc(-c2ccccc2)o1)N1CCNCC1COc1cccnc1. The molecule has 0 aliphatic carbocycles. The Morgan fingerprint density at radius 3 is 1.65 bits per heavy atom. The number of hydrogen-bond donors (Lipinski definition) is 1. The Morgan fingerprint density at radius 2 is 1.16 bits per heavy atom. The first-order valence-electron chi connectivity index (χ1n) is 20.3. The number of pyridine rings is 2. The highest BCUT2D eigenvalue weighted by atomic mass is 35.5. The van der Waals surface area contributed by atoms with E-state index in [0.717, 1.165) is 17.7 Å². The Bertz CT molecular complexity index is 2330. The maximum Gasteiger partial charge on any atom is 0.410 e. The van der Waals surface area contributed by atoms with Gasteiger partial charge in [0.2, 0.25) is 0 Å². The number of halogens is 2. The van der Waals surface area contributed by atoms with Crippen molar-refractivity contribution < 1.29 is 37.4 Å². The van der Waals surface area contributed by atoms with Gasteiger partial charge in [0.1, 0.15) is 41.8 Å². The zero-order chi connectivity index (χ0) is 42.6. The third kappa shape index (κ3) is 13.1. The summed E-state index contributed by atoms with van der Waals surface area (Å²) in [4.78, 5) is 52.3. The Labute approximate surface area is 379 Å². The van der Waals surface area contributed by atoms with Crippen molar-refractivity contribution in [1.29, 1.82) is 0 Å². The minimum absolute atomic E-state index is 0. The Balaban J connectivity index is 0.000000236. The number of hydrogen-bond acceptors (Lipinski definition) is 11. The number of nitrogens with zero attached hydrogens (tertiary/aromatic N) is 5. The van der Waals surface area contributed by atoms with E-state index in [2.05, 4.69) is 15.3 Å². The molecule has 2 fully saturated rings. The summed E-state index contributed by atoms with van der Waals surface area (Å²) in [5, 5.41) is 3.32. The monoisotopic (exact) mass is 898 g/mol. The lowest BCUT2D eigenvalue weighted by atomic mass is 10.1. The average molecular weight is 900 g/mol. The summed E-state index contributed by atoms with van der Waals surface area (Å²) < 4.78 is 29.0. The van der Waals surface area contributed by atoms with E-state index in [-0.39, 0.29) is 67.6 Å². The largest absolute Gasteiger partial charge is 0.490 e. The molecule has 8 rings (SSSR count). The van der Waals surface area contributed by atoms with Gasteiger partial charge in [0.15, 0.2) is 11.5 Å². The molecule has 63 heavy (non-hydrogen) atoms. The number of carbonyl (C=O) groups is 3. The van der Waals surface area contributed by atoms with Gasteiger partial charge in [0.25, 0.3) is 11.8 Å². The van der Waals surface area contributed by atoms with Crippen LogP contribution >= 0.6 is 24.8 Å². The van der Waals surface area contributed by atoms with Gasteiger partial charge in [0.05, 0.1) is 24.5 Å². The summed E-state index contributed by atoms with van der Waals surface area (Å²) in [5.41, 5.74) is 1.24. The highest BCUT2D eigenvalue weighted by molar-refractivity contribution is 5.93. The molecule has 2 aliphatic heterocycles. The van der Waals surface area contributed by atoms with Crippen LogP contribution in [-0.4, -0.2) is 113 Å². The standard InChI is InChI=1S/C26H29N3O5.C21H21N3O3.2ClH/c1-26(2,3)34-25(31)28-14-15-29(20(17-28)18-32-21-10-7-13-27-16-21)24(30)23-12-11-22(33-23)19-8-5-4-6-9-19;25-21(20-9-8-19(27-20)16-5-2-1-3-6-16)24-12-11-23-13-17(24)15-26-18-7-4-10-22-14-18;;/h4-13,16,20H,14-15,17-18H2,1-3H3;1-10,14,17,23H,11-13,15H2;2*1H. The molecular formula is C47H52Cl2N6O8. The summed E-state index contributed by atoms with van der Waals surface area (Å²) in [5.74, 6) is 2.84. The van der Waals surface area contributed by atoms with E-state index in [1.54, 1.807) is 64.9 Å². The van der Waals surface area contributed by atoms with E-state index in [1.165, 1.54) is 0 Å². The number of rotatable bonds is 10. The second-order valence-electron chi connectivity index (χ2n) is 15.5. The van der Waals surface area contributed by atoms with Gasteiger partial charge in [-0.25, -0.2) is 4.79 Å².